The molecule has 3 heteroatoms. The number of aromatic carboxylic acids is 1. The summed E-state index contributed by atoms with van der Waals surface area (Å²) in [5.41, 5.74) is 3.00. The highest BCUT2D eigenvalue weighted by molar-refractivity contribution is 5.88. The molecule has 1 N–H and O–H groups in total. The van der Waals surface area contributed by atoms with Gasteiger partial charge in [0.05, 0.1) is 5.56 Å². The highest BCUT2D eigenvalue weighted by Crippen LogP contribution is 2.51. The van der Waals surface area contributed by atoms with Gasteiger partial charge in [0.2, 0.25) is 0 Å². The summed E-state index contributed by atoms with van der Waals surface area (Å²) in [6, 6.07) is 5.66. The molecule has 0 aromatic heterocycles. The molecule has 22 heavy (non-hydrogen) atoms. The standard InChI is InChI=1S/C19H24O3/c1-2-9-19-10-8-16(20)12-15(19)5-3-4-13-11-14(18(21)22)6-7-17(13)19/h6-7,11,15H,2-5,8-10,12H2,1H3,(H,21,22)/t15-,19+/m0/s1. The zero-order chi connectivity index (χ0) is 15.7. The molecule has 2 aliphatic rings. The Balaban J connectivity index is 2.11. The number of carbonyl (C=O) groups is 2. The number of ketones is 1. The number of aryl methyl sites for hydroxylation is 1. The van der Waals surface area contributed by atoms with E-state index in [4.69, 9.17) is 0 Å². The molecule has 3 rings (SSSR count). The number of carbonyl (C=O) groups excluding carboxylic acids is 1. The predicted molar refractivity (Wildman–Crippen MR) is 85.3 cm³/mol. The Kier molecular flexibility index (Phi) is 4.07. The van der Waals surface area contributed by atoms with Crippen molar-refractivity contribution in [3.63, 3.8) is 0 Å². The summed E-state index contributed by atoms with van der Waals surface area (Å²) in [7, 11) is 0. The molecule has 0 spiro atoms. The van der Waals surface area contributed by atoms with Crippen LogP contribution in [0.2, 0.25) is 0 Å². The lowest BCUT2D eigenvalue weighted by Crippen LogP contribution is -2.40. The summed E-state index contributed by atoms with van der Waals surface area (Å²) in [4.78, 5) is 23.2. The van der Waals surface area contributed by atoms with Crippen LogP contribution >= 0.6 is 0 Å². The van der Waals surface area contributed by atoms with Crippen LogP contribution in [-0.4, -0.2) is 16.9 Å². The zero-order valence-corrected chi connectivity index (χ0v) is 13.2. The smallest absolute Gasteiger partial charge is 0.335 e. The van der Waals surface area contributed by atoms with Crippen LogP contribution in [0.15, 0.2) is 18.2 Å². The normalized spacial score (nSPS) is 27.7. The predicted octanol–water partition coefficient (Wildman–Crippen LogP) is 4.13. The Hall–Kier alpha value is -1.64. The van der Waals surface area contributed by atoms with Crippen LogP contribution in [0.3, 0.4) is 0 Å². The lowest BCUT2D eigenvalue weighted by atomic mass is 9.59. The highest BCUT2D eigenvalue weighted by Gasteiger charge is 2.45. The molecule has 2 aliphatic carbocycles. The summed E-state index contributed by atoms with van der Waals surface area (Å²) in [6.07, 6.45) is 7.60. The minimum absolute atomic E-state index is 0.0888. The SMILES string of the molecule is CCC[C@@]12CCC(=O)C[C@@H]1CCCc1cc(C(=O)O)ccc12. The number of Topliss-reactive ketones (excluding diaryl/α,β-unsaturated/α-hetero) is 1. The Bertz CT molecular complexity index is 605. The lowest BCUT2D eigenvalue weighted by molar-refractivity contribution is -0.123. The van der Waals surface area contributed by atoms with Crippen molar-refractivity contribution in [3.8, 4) is 0 Å². The van der Waals surface area contributed by atoms with Crippen molar-refractivity contribution < 1.29 is 14.7 Å². The minimum Gasteiger partial charge on any atom is -0.478 e. The summed E-state index contributed by atoms with van der Waals surface area (Å²) >= 11 is 0. The molecule has 2 atom stereocenters. The molecule has 3 nitrogen and oxygen atoms in total. The molecule has 0 bridgehead atoms. The van der Waals surface area contributed by atoms with E-state index in [1.807, 2.05) is 12.1 Å². The third kappa shape index (κ3) is 2.47. The van der Waals surface area contributed by atoms with E-state index < -0.39 is 5.97 Å². The van der Waals surface area contributed by atoms with E-state index in [0.717, 1.165) is 38.5 Å². The molecule has 0 amide bonds. The fourth-order valence-corrected chi connectivity index (χ4v) is 4.74. The van der Waals surface area contributed by atoms with Crippen LogP contribution in [0, 0.1) is 5.92 Å². The maximum absolute atomic E-state index is 12.0. The van der Waals surface area contributed by atoms with E-state index in [1.165, 1.54) is 11.1 Å². The van der Waals surface area contributed by atoms with Gasteiger partial charge in [-0.05, 0) is 66.7 Å². The van der Waals surface area contributed by atoms with Gasteiger partial charge in [-0.2, -0.15) is 0 Å². The van der Waals surface area contributed by atoms with Crippen molar-refractivity contribution in [2.45, 2.75) is 63.7 Å². The van der Waals surface area contributed by atoms with Gasteiger partial charge in [-0.1, -0.05) is 19.4 Å². The largest absolute Gasteiger partial charge is 0.478 e. The molecule has 1 aromatic carbocycles. The summed E-state index contributed by atoms with van der Waals surface area (Å²) in [5.74, 6) is -0.0140. The quantitative estimate of drug-likeness (QED) is 0.913. The van der Waals surface area contributed by atoms with Gasteiger partial charge < -0.3 is 5.11 Å². The number of hydrogen-bond acceptors (Lipinski definition) is 2. The number of fused-ring (bicyclic) bond motifs is 3. The van der Waals surface area contributed by atoms with E-state index in [2.05, 4.69) is 6.92 Å². The van der Waals surface area contributed by atoms with Crippen molar-refractivity contribution >= 4 is 11.8 Å². The van der Waals surface area contributed by atoms with Gasteiger partial charge in [-0.3, -0.25) is 4.79 Å². The second-order valence-electron chi connectivity index (χ2n) is 6.92. The molecule has 1 fully saturated rings. The lowest BCUT2D eigenvalue weighted by Gasteiger charge is -2.44. The van der Waals surface area contributed by atoms with E-state index in [0.29, 0.717) is 30.1 Å². The summed E-state index contributed by atoms with van der Waals surface area (Å²) in [6.45, 7) is 2.21. The van der Waals surface area contributed by atoms with Gasteiger partial charge in [0.1, 0.15) is 5.78 Å². The van der Waals surface area contributed by atoms with Crippen LogP contribution in [-0.2, 0) is 16.6 Å². The van der Waals surface area contributed by atoms with E-state index in [1.54, 1.807) is 6.07 Å². The Morgan fingerprint density at radius 3 is 2.91 bits per heavy atom. The number of carboxylic acids is 1. The molecule has 0 heterocycles. The van der Waals surface area contributed by atoms with E-state index in [-0.39, 0.29) is 5.41 Å². The van der Waals surface area contributed by atoms with Crippen molar-refractivity contribution in [1.82, 2.24) is 0 Å². The minimum atomic E-state index is -0.855. The number of hydrogen-bond donors (Lipinski definition) is 1. The maximum Gasteiger partial charge on any atom is 0.335 e. The first-order chi connectivity index (χ1) is 10.6. The maximum atomic E-state index is 12.0. The molecule has 0 unspecified atom stereocenters. The van der Waals surface area contributed by atoms with Gasteiger partial charge in [0, 0.05) is 12.8 Å². The molecular formula is C19H24O3. The average Bonchev–Trinajstić information content (AvgIpc) is 2.64. The van der Waals surface area contributed by atoms with Crippen LogP contribution in [0.5, 0.6) is 0 Å². The monoisotopic (exact) mass is 300 g/mol. The Morgan fingerprint density at radius 2 is 2.18 bits per heavy atom. The zero-order valence-electron chi connectivity index (χ0n) is 13.2. The van der Waals surface area contributed by atoms with Gasteiger partial charge in [0.15, 0.2) is 0 Å². The van der Waals surface area contributed by atoms with Crippen molar-refractivity contribution in [1.29, 1.82) is 0 Å². The van der Waals surface area contributed by atoms with Crippen LogP contribution < -0.4 is 0 Å². The first-order valence-corrected chi connectivity index (χ1v) is 8.45. The fourth-order valence-electron chi connectivity index (χ4n) is 4.74. The van der Waals surface area contributed by atoms with Gasteiger partial charge in [0.25, 0.3) is 0 Å². The highest BCUT2D eigenvalue weighted by atomic mass is 16.4. The second kappa shape index (κ2) is 5.86. The first kappa shape index (κ1) is 15.3. The molecule has 1 saturated carbocycles. The number of carboxylic acid groups (broad SMARTS) is 1. The average molecular weight is 300 g/mol. The van der Waals surface area contributed by atoms with Crippen LogP contribution in [0.1, 0.15) is 73.4 Å². The molecule has 0 saturated heterocycles. The molecule has 118 valence electrons. The van der Waals surface area contributed by atoms with Crippen molar-refractivity contribution in [2.24, 2.45) is 5.92 Å². The molecule has 1 aromatic rings. The molecular weight excluding hydrogens is 276 g/mol. The molecule has 0 aliphatic heterocycles. The Morgan fingerprint density at radius 1 is 1.36 bits per heavy atom. The van der Waals surface area contributed by atoms with Crippen LogP contribution in [0.25, 0.3) is 0 Å². The molecule has 0 radical (unpaired) electrons. The van der Waals surface area contributed by atoms with Crippen molar-refractivity contribution in [2.75, 3.05) is 0 Å². The van der Waals surface area contributed by atoms with Gasteiger partial charge in [-0.25, -0.2) is 4.79 Å². The number of benzene rings is 1. The van der Waals surface area contributed by atoms with E-state index >= 15 is 0 Å². The fraction of sp³-hybridized carbons (Fsp3) is 0.579. The summed E-state index contributed by atoms with van der Waals surface area (Å²) < 4.78 is 0. The summed E-state index contributed by atoms with van der Waals surface area (Å²) in [5, 5.41) is 9.25. The van der Waals surface area contributed by atoms with E-state index in [9.17, 15) is 14.7 Å². The van der Waals surface area contributed by atoms with Crippen LogP contribution in [0.4, 0.5) is 0 Å². The van der Waals surface area contributed by atoms with Gasteiger partial charge in [-0.15, -0.1) is 0 Å². The second-order valence-corrected chi connectivity index (χ2v) is 6.92. The number of rotatable bonds is 3. The van der Waals surface area contributed by atoms with Gasteiger partial charge >= 0.3 is 5.97 Å². The Labute approximate surface area is 131 Å². The topological polar surface area (TPSA) is 54.4 Å². The third-order valence-corrected chi connectivity index (χ3v) is 5.69. The van der Waals surface area contributed by atoms with Crippen molar-refractivity contribution in [3.05, 3.63) is 34.9 Å². The first-order valence-electron chi connectivity index (χ1n) is 8.45. The third-order valence-electron chi connectivity index (χ3n) is 5.69.